The number of nitrogens with one attached hydrogen (secondary N) is 2. The van der Waals surface area contributed by atoms with Gasteiger partial charge in [0.05, 0.1) is 5.71 Å². The van der Waals surface area contributed by atoms with Gasteiger partial charge in [0.1, 0.15) is 11.6 Å². The zero-order valence-electron chi connectivity index (χ0n) is 24.5. The number of hydrogen-bond acceptors (Lipinski definition) is 5. The fourth-order valence-electron chi connectivity index (χ4n) is 9.03. The number of allylic oxidation sites excluding steroid dienone is 2. The van der Waals surface area contributed by atoms with E-state index in [1.165, 1.54) is 5.57 Å². The number of benzene rings is 1. The number of terminal acetylenes is 1. The topological polar surface area (TPSA) is 124 Å². The van der Waals surface area contributed by atoms with Gasteiger partial charge in [-0.15, -0.1) is 6.42 Å². The Morgan fingerprint density at radius 2 is 1.95 bits per heavy atom. The van der Waals surface area contributed by atoms with Gasteiger partial charge >= 0.3 is 5.97 Å². The van der Waals surface area contributed by atoms with Crippen LogP contribution in [0.25, 0.3) is 10.9 Å². The molecule has 0 saturated heterocycles. The highest BCUT2D eigenvalue weighted by Crippen LogP contribution is 2.67. The maximum absolute atomic E-state index is 12.6. The van der Waals surface area contributed by atoms with Crippen LogP contribution in [0.3, 0.4) is 0 Å². The van der Waals surface area contributed by atoms with E-state index in [2.05, 4.69) is 41.3 Å². The molecule has 42 heavy (non-hydrogen) atoms. The molecule has 4 N–H and O–H groups in total. The van der Waals surface area contributed by atoms with Crippen LogP contribution in [0.4, 0.5) is 0 Å². The lowest BCUT2D eigenvalue weighted by molar-refractivity contribution is -0.142. The molecule has 2 aromatic rings. The first kappa shape index (κ1) is 28.5. The fraction of sp³-hybridized carbons (Fsp3) is 0.559. The second kappa shape index (κ2) is 10.6. The summed E-state index contributed by atoms with van der Waals surface area (Å²) in [6.07, 6.45) is 17.5. The second-order valence-corrected chi connectivity index (χ2v) is 13.4. The van der Waals surface area contributed by atoms with Crippen molar-refractivity contribution in [2.45, 2.75) is 83.3 Å². The number of aromatic amines is 1. The van der Waals surface area contributed by atoms with E-state index >= 15 is 0 Å². The Kier molecular flexibility index (Phi) is 7.21. The summed E-state index contributed by atoms with van der Waals surface area (Å²) in [5.74, 6) is 2.73. The summed E-state index contributed by atoms with van der Waals surface area (Å²) in [5, 5.41) is 28.8. The number of carboxylic acid groups (broad SMARTS) is 1. The summed E-state index contributed by atoms with van der Waals surface area (Å²) in [5.41, 5.74) is 2.88. The van der Waals surface area contributed by atoms with E-state index in [4.69, 9.17) is 11.3 Å². The van der Waals surface area contributed by atoms with Crippen LogP contribution in [0, 0.1) is 40.9 Å². The minimum absolute atomic E-state index is 0.0919. The highest BCUT2D eigenvalue weighted by molar-refractivity contribution is 5.96. The van der Waals surface area contributed by atoms with Crippen LogP contribution in [0.1, 0.15) is 70.8 Å². The van der Waals surface area contributed by atoms with Gasteiger partial charge in [0.2, 0.25) is 0 Å². The smallest absolute Gasteiger partial charge is 0.326 e. The summed E-state index contributed by atoms with van der Waals surface area (Å²) >= 11 is 0. The first-order valence-corrected chi connectivity index (χ1v) is 15.3. The van der Waals surface area contributed by atoms with Gasteiger partial charge in [0.15, 0.2) is 6.61 Å². The van der Waals surface area contributed by atoms with Crippen LogP contribution in [0.5, 0.6) is 0 Å². The van der Waals surface area contributed by atoms with E-state index in [1.807, 2.05) is 24.3 Å². The number of amides is 1. The molecule has 8 heteroatoms. The Bertz CT molecular complexity index is 1500. The van der Waals surface area contributed by atoms with Gasteiger partial charge in [-0.05, 0) is 92.2 Å². The van der Waals surface area contributed by atoms with Crippen molar-refractivity contribution < 1.29 is 24.6 Å². The normalized spacial score (nSPS) is 35.3. The first-order valence-electron chi connectivity index (χ1n) is 15.3. The monoisotopic (exact) mass is 571 g/mol. The number of aliphatic hydroxyl groups is 1. The summed E-state index contributed by atoms with van der Waals surface area (Å²) in [6, 6.07) is 6.59. The van der Waals surface area contributed by atoms with E-state index in [1.54, 1.807) is 6.20 Å². The van der Waals surface area contributed by atoms with E-state index < -0.39 is 23.5 Å². The summed E-state index contributed by atoms with van der Waals surface area (Å²) in [6.45, 7) is 4.27. The lowest BCUT2D eigenvalue weighted by Crippen LogP contribution is -2.54. The zero-order valence-corrected chi connectivity index (χ0v) is 24.5. The zero-order chi connectivity index (χ0) is 29.7. The molecular weight excluding hydrogens is 530 g/mol. The van der Waals surface area contributed by atoms with E-state index in [9.17, 15) is 19.8 Å². The quantitative estimate of drug-likeness (QED) is 0.276. The third-order valence-electron chi connectivity index (χ3n) is 11.5. The van der Waals surface area contributed by atoms with Gasteiger partial charge in [-0.3, -0.25) is 4.79 Å². The van der Waals surface area contributed by atoms with Crippen molar-refractivity contribution in [3.05, 3.63) is 47.7 Å². The van der Waals surface area contributed by atoms with Gasteiger partial charge in [0, 0.05) is 28.9 Å². The Labute approximate surface area is 247 Å². The average molecular weight is 572 g/mol. The number of carboxylic acids is 1. The second-order valence-electron chi connectivity index (χ2n) is 13.4. The number of carbonyl (C=O) groups is 2. The highest BCUT2D eigenvalue weighted by atomic mass is 16.6. The predicted octanol–water partition coefficient (Wildman–Crippen LogP) is 4.98. The molecule has 1 aromatic heterocycles. The SMILES string of the molecule is C#C[C@@]1(O)CC[C@H]2[C@@H]3CCC4=C/C(=N\OCC(=O)N[C@H](Cc5c[nH]c6ccccc56)C(=O)O)CC[C@]4(C)[C@H]3CC[C@@]21C. The number of oxime groups is 1. The Hall–Kier alpha value is -3.57. The highest BCUT2D eigenvalue weighted by Gasteiger charge is 2.63. The third-order valence-corrected chi connectivity index (χ3v) is 11.5. The molecule has 4 aliphatic carbocycles. The van der Waals surface area contributed by atoms with E-state index in [0.29, 0.717) is 24.2 Å². The molecular formula is C34H41N3O5. The number of hydrogen-bond donors (Lipinski definition) is 4. The van der Waals surface area contributed by atoms with Crippen molar-refractivity contribution in [1.82, 2.24) is 10.3 Å². The first-order chi connectivity index (χ1) is 20.1. The number of fused-ring (bicyclic) bond motifs is 6. The van der Waals surface area contributed by atoms with Crippen molar-refractivity contribution in [3.63, 3.8) is 0 Å². The van der Waals surface area contributed by atoms with Crippen molar-refractivity contribution >= 4 is 28.5 Å². The minimum Gasteiger partial charge on any atom is -0.480 e. The summed E-state index contributed by atoms with van der Waals surface area (Å²) in [7, 11) is 0. The molecule has 1 aromatic carbocycles. The molecule has 222 valence electrons. The Balaban J connectivity index is 1.07. The number of para-hydroxylation sites is 1. The molecule has 0 unspecified atom stereocenters. The molecule has 0 radical (unpaired) electrons. The average Bonchev–Trinajstić information content (AvgIpc) is 3.50. The molecule has 1 heterocycles. The fourth-order valence-corrected chi connectivity index (χ4v) is 9.03. The molecule has 3 saturated carbocycles. The predicted molar refractivity (Wildman–Crippen MR) is 160 cm³/mol. The van der Waals surface area contributed by atoms with Crippen LogP contribution in [-0.4, -0.2) is 51.0 Å². The van der Waals surface area contributed by atoms with Gasteiger partial charge in [0.25, 0.3) is 5.91 Å². The molecule has 1 amide bonds. The Morgan fingerprint density at radius 3 is 2.74 bits per heavy atom. The summed E-state index contributed by atoms with van der Waals surface area (Å²) in [4.78, 5) is 33.0. The molecule has 3 fully saturated rings. The lowest BCUT2D eigenvalue weighted by Gasteiger charge is -2.58. The van der Waals surface area contributed by atoms with Crippen LogP contribution < -0.4 is 5.32 Å². The van der Waals surface area contributed by atoms with Crippen LogP contribution in [0.15, 0.2) is 47.3 Å². The van der Waals surface area contributed by atoms with Crippen molar-refractivity contribution in [2.24, 2.45) is 33.7 Å². The van der Waals surface area contributed by atoms with Crippen LogP contribution in [-0.2, 0) is 20.8 Å². The third kappa shape index (κ3) is 4.63. The largest absolute Gasteiger partial charge is 0.480 e. The van der Waals surface area contributed by atoms with Crippen molar-refractivity contribution in [2.75, 3.05) is 6.61 Å². The maximum Gasteiger partial charge on any atom is 0.326 e. The van der Waals surface area contributed by atoms with Crippen LogP contribution in [0.2, 0.25) is 0 Å². The van der Waals surface area contributed by atoms with Crippen molar-refractivity contribution in [1.29, 1.82) is 0 Å². The lowest BCUT2D eigenvalue weighted by atomic mass is 9.46. The number of nitrogens with zero attached hydrogens (tertiary/aromatic N) is 1. The molecule has 4 aliphatic rings. The molecule has 0 bridgehead atoms. The number of aliphatic carboxylic acids is 1. The van der Waals surface area contributed by atoms with E-state index in [-0.39, 0.29) is 23.9 Å². The van der Waals surface area contributed by atoms with E-state index in [0.717, 1.165) is 67.1 Å². The van der Waals surface area contributed by atoms with Crippen LogP contribution >= 0.6 is 0 Å². The molecule has 7 atom stereocenters. The van der Waals surface area contributed by atoms with Gasteiger partial charge < -0.3 is 25.4 Å². The van der Waals surface area contributed by atoms with Gasteiger partial charge in [-0.25, -0.2) is 4.79 Å². The van der Waals surface area contributed by atoms with Gasteiger partial charge in [-0.1, -0.05) is 48.7 Å². The number of carbonyl (C=O) groups excluding carboxylic acids is 1. The molecule has 6 rings (SSSR count). The number of rotatable bonds is 7. The number of H-pyrrole nitrogens is 1. The summed E-state index contributed by atoms with van der Waals surface area (Å²) < 4.78 is 0. The standard InChI is InChI=1S/C34H41N3O5/c1-4-34(41)16-13-27-25-10-9-22-18-23(11-14-32(22,2)26(25)12-15-33(27,34)3)37-42-20-30(38)36-29(31(39)40)17-21-19-35-28-8-6-5-7-24(21)28/h1,5-8,18-19,25-27,29,35,41H,9-17,20H2,2-3H3,(H,36,38)(H,39,40)/b37-23-/t25-,26+,27+,29-,32+,33+,34-/m1/s1. The molecule has 0 aliphatic heterocycles. The molecule has 0 spiro atoms. The maximum atomic E-state index is 12.6. The van der Waals surface area contributed by atoms with Crippen molar-refractivity contribution in [3.8, 4) is 12.3 Å². The molecule has 8 nitrogen and oxygen atoms in total. The minimum atomic E-state index is -1.10. The van der Waals surface area contributed by atoms with Gasteiger partial charge in [-0.2, -0.15) is 0 Å². The Morgan fingerprint density at radius 1 is 1.17 bits per heavy atom. The number of aromatic nitrogens is 1.